The third kappa shape index (κ3) is 5.46. The summed E-state index contributed by atoms with van der Waals surface area (Å²) in [7, 11) is 1.62. The molecule has 1 amide bonds. The van der Waals surface area contributed by atoms with Crippen molar-refractivity contribution in [2.75, 3.05) is 39.8 Å². The van der Waals surface area contributed by atoms with Crippen LogP contribution in [-0.2, 0) is 0 Å². The van der Waals surface area contributed by atoms with Crippen LogP contribution >= 0.6 is 11.6 Å². The highest BCUT2D eigenvalue weighted by Gasteiger charge is 2.41. The molecule has 0 aromatic heterocycles. The molecule has 39 heavy (non-hydrogen) atoms. The van der Waals surface area contributed by atoms with Crippen molar-refractivity contribution in [1.82, 2.24) is 20.0 Å². The fourth-order valence-corrected chi connectivity index (χ4v) is 5.94. The summed E-state index contributed by atoms with van der Waals surface area (Å²) in [5.41, 5.74) is 4.33. The van der Waals surface area contributed by atoms with Crippen LogP contribution in [0.5, 0.6) is 5.75 Å². The molecule has 3 heterocycles. The molecule has 1 N–H and O–H groups in total. The average molecular weight is 541 g/mol. The lowest BCUT2D eigenvalue weighted by Crippen LogP contribution is -2.52. The summed E-state index contributed by atoms with van der Waals surface area (Å²) < 4.78 is 5.31. The quantitative estimate of drug-likeness (QED) is 0.474. The number of carbonyl (C=O) groups is 1. The number of piperazine rings is 1. The van der Waals surface area contributed by atoms with Crippen molar-refractivity contribution < 1.29 is 9.53 Å². The molecular weight excluding hydrogens is 508 g/mol. The van der Waals surface area contributed by atoms with Crippen LogP contribution < -0.4 is 10.1 Å². The van der Waals surface area contributed by atoms with Gasteiger partial charge in [-0.25, -0.2) is 0 Å². The van der Waals surface area contributed by atoms with Gasteiger partial charge in [0.25, 0.3) is 5.91 Å². The highest BCUT2D eigenvalue weighted by atomic mass is 35.5. The first-order chi connectivity index (χ1) is 19.1. The Morgan fingerprint density at radius 3 is 2.49 bits per heavy atom. The molecule has 200 valence electrons. The van der Waals surface area contributed by atoms with E-state index in [-0.39, 0.29) is 24.2 Å². The number of carbonyl (C=O) groups excluding carboxylic acids is 1. The van der Waals surface area contributed by atoms with Crippen LogP contribution in [0.2, 0.25) is 5.02 Å². The van der Waals surface area contributed by atoms with E-state index in [1.54, 1.807) is 7.11 Å². The normalized spacial score (nSPS) is 22.9. The van der Waals surface area contributed by atoms with E-state index in [0.717, 1.165) is 24.7 Å². The van der Waals surface area contributed by atoms with Crippen molar-refractivity contribution in [3.8, 4) is 5.75 Å². The van der Waals surface area contributed by atoms with E-state index < -0.39 is 0 Å². The van der Waals surface area contributed by atoms with Crippen molar-refractivity contribution in [1.29, 1.82) is 0 Å². The van der Waals surface area contributed by atoms with Crippen LogP contribution in [0.15, 0.2) is 97.2 Å². The number of rotatable bonds is 6. The fraction of sp³-hybridized carbons (Fsp3) is 0.281. The second-order valence-corrected chi connectivity index (χ2v) is 10.7. The monoisotopic (exact) mass is 540 g/mol. The lowest BCUT2D eigenvalue weighted by molar-refractivity contribution is 0.0604. The molecule has 7 heteroatoms. The summed E-state index contributed by atoms with van der Waals surface area (Å²) in [5, 5.41) is 4.59. The molecule has 0 aliphatic carbocycles. The Morgan fingerprint density at radius 2 is 1.74 bits per heavy atom. The molecule has 2 saturated heterocycles. The van der Waals surface area contributed by atoms with Crippen LogP contribution in [0, 0.1) is 0 Å². The number of halogens is 1. The third-order valence-corrected chi connectivity index (χ3v) is 8.20. The second kappa shape index (κ2) is 11.3. The molecule has 3 aromatic carbocycles. The molecule has 3 atom stereocenters. The maximum atomic E-state index is 13.1. The highest BCUT2D eigenvalue weighted by molar-refractivity contribution is 6.30. The Kier molecular flexibility index (Phi) is 7.42. The van der Waals surface area contributed by atoms with E-state index in [9.17, 15) is 4.79 Å². The number of ether oxygens (including phenoxy) is 1. The summed E-state index contributed by atoms with van der Waals surface area (Å²) in [6, 6.07) is 26.5. The number of nitrogens with zero attached hydrogens (tertiary/aromatic N) is 3. The molecule has 3 unspecified atom stereocenters. The molecule has 0 radical (unpaired) electrons. The molecule has 2 fully saturated rings. The molecule has 0 spiro atoms. The van der Waals surface area contributed by atoms with Gasteiger partial charge in [-0.3, -0.25) is 15.0 Å². The van der Waals surface area contributed by atoms with Crippen LogP contribution in [0.3, 0.4) is 0 Å². The Morgan fingerprint density at radius 1 is 0.974 bits per heavy atom. The minimum Gasteiger partial charge on any atom is -0.497 e. The molecule has 3 aliphatic heterocycles. The van der Waals surface area contributed by atoms with E-state index in [1.165, 1.54) is 16.7 Å². The van der Waals surface area contributed by atoms with Gasteiger partial charge in [0.1, 0.15) is 5.75 Å². The Labute approximate surface area is 235 Å². The summed E-state index contributed by atoms with van der Waals surface area (Å²) in [5.74, 6) is 0.765. The Balaban J connectivity index is 1.19. The van der Waals surface area contributed by atoms with Gasteiger partial charge >= 0.3 is 0 Å². The van der Waals surface area contributed by atoms with Crippen molar-refractivity contribution in [3.05, 3.63) is 119 Å². The number of hydrogen-bond acceptors (Lipinski definition) is 5. The van der Waals surface area contributed by atoms with E-state index in [1.807, 2.05) is 41.3 Å². The zero-order valence-electron chi connectivity index (χ0n) is 22.0. The first-order valence-electron chi connectivity index (χ1n) is 13.5. The first kappa shape index (κ1) is 25.7. The first-order valence-corrected chi connectivity index (χ1v) is 13.9. The predicted molar refractivity (Wildman–Crippen MR) is 156 cm³/mol. The fourth-order valence-electron chi connectivity index (χ4n) is 5.82. The molecule has 0 bridgehead atoms. The molecule has 3 aliphatic rings. The minimum absolute atomic E-state index is 0.0618. The van der Waals surface area contributed by atoms with E-state index in [4.69, 9.17) is 16.3 Å². The zero-order valence-corrected chi connectivity index (χ0v) is 22.8. The van der Waals surface area contributed by atoms with Crippen LogP contribution in [0.25, 0.3) is 5.57 Å². The SMILES string of the molecule is COc1cccc(C(=O)N2CCN(CC3C(c4ccc(Cl)cc4)NC4C=CC(c5ccccc5)=CN43)CC2)c1. The number of hydrogen-bond donors (Lipinski definition) is 1. The van der Waals surface area contributed by atoms with Gasteiger partial charge in [-0.1, -0.05) is 66.2 Å². The van der Waals surface area contributed by atoms with Gasteiger partial charge < -0.3 is 14.5 Å². The van der Waals surface area contributed by atoms with Gasteiger partial charge in [0.05, 0.1) is 25.4 Å². The smallest absolute Gasteiger partial charge is 0.254 e. The lowest BCUT2D eigenvalue weighted by atomic mass is 9.98. The van der Waals surface area contributed by atoms with Crippen molar-refractivity contribution >= 4 is 23.1 Å². The predicted octanol–water partition coefficient (Wildman–Crippen LogP) is 5.06. The van der Waals surface area contributed by atoms with Gasteiger partial charge in [0.15, 0.2) is 0 Å². The topological polar surface area (TPSA) is 48.1 Å². The van der Waals surface area contributed by atoms with Gasteiger partial charge in [-0.2, -0.15) is 0 Å². The van der Waals surface area contributed by atoms with Gasteiger partial charge in [0, 0.05) is 49.5 Å². The van der Waals surface area contributed by atoms with Crippen LogP contribution in [-0.4, -0.2) is 72.6 Å². The van der Waals surface area contributed by atoms with E-state index >= 15 is 0 Å². The number of nitrogens with one attached hydrogen (secondary N) is 1. The van der Waals surface area contributed by atoms with Crippen LogP contribution in [0.1, 0.15) is 27.5 Å². The van der Waals surface area contributed by atoms with Crippen molar-refractivity contribution in [2.24, 2.45) is 0 Å². The minimum atomic E-state index is 0.0618. The van der Waals surface area contributed by atoms with Crippen molar-refractivity contribution in [3.63, 3.8) is 0 Å². The zero-order chi connectivity index (χ0) is 26.8. The average Bonchev–Trinajstić information content (AvgIpc) is 3.35. The number of amides is 1. The molecular formula is C32H33ClN4O2. The van der Waals surface area contributed by atoms with Crippen molar-refractivity contribution in [2.45, 2.75) is 18.2 Å². The number of methoxy groups -OCH3 is 1. The molecule has 6 nitrogen and oxygen atoms in total. The van der Waals surface area contributed by atoms with Gasteiger partial charge in [-0.05, 0) is 53.1 Å². The Hall–Kier alpha value is -3.58. The lowest BCUT2D eigenvalue weighted by Gasteiger charge is -2.39. The summed E-state index contributed by atoms with van der Waals surface area (Å²) in [6.07, 6.45) is 6.90. The van der Waals surface area contributed by atoms with Gasteiger partial charge in [-0.15, -0.1) is 0 Å². The molecule has 0 saturated carbocycles. The maximum Gasteiger partial charge on any atom is 0.254 e. The Bertz CT molecular complexity index is 1370. The summed E-state index contributed by atoms with van der Waals surface area (Å²) >= 11 is 6.22. The van der Waals surface area contributed by atoms with Gasteiger partial charge in [0.2, 0.25) is 0 Å². The largest absolute Gasteiger partial charge is 0.497 e. The van der Waals surface area contributed by atoms with Crippen LogP contribution in [0.4, 0.5) is 0 Å². The third-order valence-electron chi connectivity index (χ3n) is 7.94. The highest BCUT2D eigenvalue weighted by Crippen LogP contribution is 2.35. The number of fused-ring (bicyclic) bond motifs is 1. The maximum absolute atomic E-state index is 13.1. The second-order valence-electron chi connectivity index (χ2n) is 10.3. The number of benzene rings is 3. The summed E-state index contributed by atoms with van der Waals surface area (Å²) in [4.78, 5) is 20.1. The number of allylic oxidation sites excluding steroid dienone is 2. The summed E-state index contributed by atoms with van der Waals surface area (Å²) in [6.45, 7) is 3.98. The van der Waals surface area contributed by atoms with E-state index in [0.29, 0.717) is 24.4 Å². The molecule has 3 aromatic rings. The standard InChI is InChI=1S/C32H33ClN4O2/c1-39-28-9-5-8-25(20-28)32(38)36-18-16-35(17-19-36)22-29-31(24-10-13-27(33)14-11-24)34-30-15-12-26(21-37(29)30)23-6-3-2-4-7-23/h2-15,20-21,29-31,34H,16-19,22H2,1H3. The van der Waals surface area contributed by atoms with E-state index in [2.05, 4.69) is 75.9 Å². The molecule has 6 rings (SSSR count).